The zero-order valence-corrected chi connectivity index (χ0v) is 15.6. The van der Waals surface area contributed by atoms with Gasteiger partial charge in [-0.3, -0.25) is 15.4 Å². The van der Waals surface area contributed by atoms with Gasteiger partial charge in [0.2, 0.25) is 0 Å². The van der Waals surface area contributed by atoms with E-state index in [0.29, 0.717) is 18.4 Å². The highest BCUT2D eigenvalue weighted by Gasteiger charge is 2.23. The highest BCUT2D eigenvalue weighted by Crippen LogP contribution is 2.20. The van der Waals surface area contributed by atoms with E-state index in [1.807, 2.05) is 34.6 Å². The lowest BCUT2D eigenvalue weighted by Gasteiger charge is -2.26. The molecule has 0 saturated carbocycles. The van der Waals surface area contributed by atoms with Crippen LogP contribution in [0.1, 0.15) is 53.0 Å². The van der Waals surface area contributed by atoms with Gasteiger partial charge >= 0.3 is 6.09 Å². The molecule has 1 amide bonds. The molecule has 1 aromatic carbocycles. The summed E-state index contributed by atoms with van der Waals surface area (Å²) in [6.07, 6.45) is 0.120. The summed E-state index contributed by atoms with van der Waals surface area (Å²) in [5.41, 5.74) is -0.101. The zero-order valence-electron chi connectivity index (χ0n) is 15.6. The molecule has 7 nitrogen and oxygen atoms in total. The number of nitro benzene ring substituents is 1. The molecule has 1 N–H and O–H groups in total. The van der Waals surface area contributed by atoms with E-state index in [-0.39, 0.29) is 18.2 Å². The molecule has 0 fully saturated rings. The van der Waals surface area contributed by atoms with Crippen molar-refractivity contribution >= 4 is 11.8 Å². The van der Waals surface area contributed by atoms with Crippen LogP contribution in [0.3, 0.4) is 0 Å². The van der Waals surface area contributed by atoms with Crippen molar-refractivity contribution in [2.45, 2.75) is 65.9 Å². The largest absolute Gasteiger partial charge is 0.444 e. The van der Waals surface area contributed by atoms with E-state index < -0.39 is 22.8 Å². The third-order valence-electron chi connectivity index (χ3n) is 3.81. The lowest BCUT2D eigenvalue weighted by molar-refractivity contribution is -0.386. The number of ether oxygens (including phenoxy) is 2. The van der Waals surface area contributed by atoms with Gasteiger partial charge in [0.15, 0.2) is 0 Å². The summed E-state index contributed by atoms with van der Waals surface area (Å²) >= 11 is 0. The maximum atomic E-state index is 12.1. The van der Waals surface area contributed by atoms with Crippen LogP contribution in [-0.4, -0.2) is 22.8 Å². The predicted molar refractivity (Wildman–Crippen MR) is 95.1 cm³/mol. The van der Waals surface area contributed by atoms with Crippen LogP contribution < -0.4 is 5.32 Å². The van der Waals surface area contributed by atoms with Crippen molar-refractivity contribution < 1.29 is 19.2 Å². The Morgan fingerprint density at radius 1 is 1.32 bits per heavy atom. The van der Waals surface area contributed by atoms with E-state index in [0.717, 1.165) is 0 Å². The monoisotopic (exact) mass is 352 g/mol. The first-order valence-electron chi connectivity index (χ1n) is 8.48. The average Bonchev–Trinajstić information content (AvgIpc) is 2.51. The number of carbonyl (C=O) groups excluding carboxylic acids is 1. The van der Waals surface area contributed by atoms with Gasteiger partial charge in [-0.2, -0.15) is 0 Å². The Balaban J connectivity index is 2.74. The summed E-state index contributed by atoms with van der Waals surface area (Å²) in [6.45, 7) is 9.64. The van der Waals surface area contributed by atoms with Gasteiger partial charge in [-0.15, -0.1) is 0 Å². The standard InChI is InChI=1S/C18H28N2O5/c1-6-18(4,5)25-17(21)19-16(11-13(2)3)24-12-14-9-7-8-10-15(14)20(22)23/h7-10,13,16H,6,11-12H2,1-5H3,(H,19,21). The quantitative estimate of drug-likeness (QED) is 0.404. The first-order valence-corrected chi connectivity index (χ1v) is 8.48. The fourth-order valence-corrected chi connectivity index (χ4v) is 2.08. The predicted octanol–water partition coefficient (Wildman–Crippen LogP) is 4.40. The molecule has 25 heavy (non-hydrogen) atoms. The number of para-hydroxylation sites is 1. The second-order valence-electron chi connectivity index (χ2n) is 6.96. The van der Waals surface area contributed by atoms with Gasteiger partial charge in [0.05, 0.1) is 17.1 Å². The smallest absolute Gasteiger partial charge is 0.409 e. The average molecular weight is 352 g/mol. The first kappa shape index (κ1) is 20.9. The Bertz CT molecular complexity index is 587. The van der Waals surface area contributed by atoms with Gasteiger partial charge < -0.3 is 9.47 Å². The molecule has 1 rings (SSSR count). The molecule has 0 aliphatic heterocycles. The lowest BCUT2D eigenvalue weighted by atomic mass is 10.1. The van der Waals surface area contributed by atoms with Crippen molar-refractivity contribution in [1.82, 2.24) is 5.32 Å². The minimum absolute atomic E-state index is 0.000454. The number of alkyl carbamates (subject to hydrolysis) is 1. The molecule has 7 heteroatoms. The number of amides is 1. The number of benzene rings is 1. The summed E-state index contributed by atoms with van der Waals surface area (Å²) in [5.74, 6) is 0.273. The van der Waals surface area contributed by atoms with Gasteiger partial charge in [-0.25, -0.2) is 4.79 Å². The lowest BCUT2D eigenvalue weighted by Crippen LogP contribution is -2.41. The summed E-state index contributed by atoms with van der Waals surface area (Å²) in [6, 6.07) is 6.40. The summed E-state index contributed by atoms with van der Waals surface area (Å²) < 4.78 is 11.1. The van der Waals surface area contributed by atoms with Gasteiger partial charge in [0.1, 0.15) is 11.8 Å². The van der Waals surface area contributed by atoms with Crippen LogP contribution in [0.2, 0.25) is 0 Å². The van der Waals surface area contributed by atoms with Crippen LogP contribution in [0, 0.1) is 16.0 Å². The number of carbonyl (C=O) groups is 1. The van der Waals surface area contributed by atoms with E-state index in [4.69, 9.17) is 9.47 Å². The maximum absolute atomic E-state index is 12.1. The van der Waals surface area contributed by atoms with Crippen molar-refractivity contribution in [3.05, 3.63) is 39.9 Å². The molecule has 0 aliphatic rings. The molecule has 0 saturated heterocycles. The number of nitrogens with one attached hydrogen (secondary N) is 1. The molecule has 0 aromatic heterocycles. The van der Waals surface area contributed by atoms with E-state index in [9.17, 15) is 14.9 Å². The molecular weight excluding hydrogens is 324 g/mol. The molecule has 0 radical (unpaired) electrons. The molecule has 0 spiro atoms. The number of nitro groups is 1. The van der Waals surface area contributed by atoms with Crippen molar-refractivity contribution in [2.24, 2.45) is 5.92 Å². The van der Waals surface area contributed by atoms with E-state index in [2.05, 4.69) is 5.32 Å². The van der Waals surface area contributed by atoms with Crippen LogP contribution >= 0.6 is 0 Å². The SMILES string of the molecule is CCC(C)(C)OC(=O)NC(CC(C)C)OCc1ccccc1[N+](=O)[O-]. The molecule has 1 atom stereocenters. The Hall–Kier alpha value is -2.15. The molecule has 0 aliphatic carbocycles. The van der Waals surface area contributed by atoms with Gasteiger partial charge in [-0.1, -0.05) is 32.9 Å². The van der Waals surface area contributed by atoms with Crippen LogP contribution in [0.5, 0.6) is 0 Å². The summed E-state index contributed by atoms with van der Waals surface area (Å²) in [5, 5.41) is 13.8. The van der Waals surface area contributed by atoms with Crippen LogP contribution in [0.25, 0.3) is 0 Å². The Labute approximate surface area is 148 Å². The molecule has 140 valence electrons. The van der Waals surface area contributed by atoms with Gasteiger partial charge in [0.25, 0.3) is 5.69 Å². The van der Waals surface area contributed by atoms with Gasteiger partial charge in [-0.05, 0) is 38.7 Å². The van der Waals surface area contributed by atoms with Crippen molar-refractivity contribution in [3.8, 4) is 0 Å². The molecule has 1 aromatic rings. The third-order valence-corrected chi connectivity index (χ3v) is 3.81. The zero-order chi connectivity index (χ0) is 19.0. The fraction of sp³-hybridized carbons (Fsp3) is 0.611. The maximum Gasteiger partial charge on any atom is 0.409 e. The number of rotatable bonds is 9. The van der Waals surface area contributed by atoms with E-state index >= 15 is 0 Å². The Morgan fingerprint density at radius 3 is 2.52 bits per heavy atom. The molecular formula is C18H28N2O5. The van der Waals surface area contributed by atoms with Crippen molar-refractivity contribution in [2.75, 3.05) is 0 Å². The van der Waals surface area contributed by atoms with Gasteiger partial charge in [0, 0.05) is 6.07 Å². The van der Waals surface area contributed by atoms with Crippen molar-refractivity contribution in [1.29, 1.82) is 0 Å². The highest BCUT2D eigenvalue weighted by atomic mass is 16.6. The van der Waals surface area contributed by atoms with Crippen LogP contribution in [-0.2, 0) is 16.1 Å². The van der Waals surface area contributed by atoms with Crippen molar-refractivity contribution in [3.63, 3.8) is 0 Å². The van der Waals surface area contributed by atoms with Crippen LogP contribution in [0.4, 0.5) is 10.5 Å². The topological polar surface area (TPSA) is 90.7 Å². The Morgan fingerprint density at radius 2 is 1.96 bits per heavy atom. The normalized spacial score (nSPS) is 12.7. The summed E-state index contributed by atoms with van der Waals surface area (Å²) in [7, 11) is 0. The summed E-state index contributed by atoms with van der Waals surface area (Å²) in [4.78, 5) is 22.7. The minimum atomic E-state index is -0.583. The highest BCUT2D eigenvalue weighted by molar-refractivity contribution is 5.67. The molecule has 1 unspecified atom stereocenters. The number of hydrogen-bond donors (Lipinski definition) is 1. The molecule has 0 heterocycles. The molecule has 0 bridgehead atoms. The van der Waals surface area contributed by atoms with E-state index in [1.54, 1.807) is 18.2 Å². The minimum Gasteiger partial charge on any atom is -0.444 e. The van der Waals surface area contributed by atoms with Crippen LogP contribution in [0.15, 0.2) is 24.3 Å². The van der Waals surface area contributed by atoms with E-state index in [1.165, 1.54) is 6.07 Å². The third kappa shape index (κ3) is 7.51. The second-order valence-corrected chi connectivity index (χ2v) is 6.96. The fourth-order valence-electron chi connectivity index (χ4n) is 2.08. The Kier molecular flexibility index (Phi) is 7.83. The second kappa shape index (κ2) is 9.36. The number of nitrogens with zero attached hydrogens (tertiary/aromatic N) is 1. The first-order chi connectivity index (χ1) is 11.6. The number of hydrogen-bond acceptors (Lipinski definition) is 5.